The van der Waals surface area contributed by atoms with Gasteiger partial charge in [-0.1, -0.05) is 30.3 Å². The molecule has 7 heteroatoms. The van der Waals surface area contributed by atoms with Gasteiger partial charge in [0.05, 0.1) is 5.56 Å². The van der Waals surface area contributed by atoms with Crippen molar-refractivity contribution >= 4 is 23.0 Å². The molecule has 180 valence electrons. The van der Waals surface area contributed by atoms with Crippen LogP contribution in [-0.4, -0.2) is 41.6 Å². The highest BCUT2D eigenvalue weighted by atomic mass is 16.6. The van der Waals surface area contributed by atoms with E-state index in [1.807, 2.05) is 69.3 Å². The van der Waals surface area contributed by atoms with Crippen molar-refractivity contribution in [3.8, 4) is 5.75 Å². The molecule has 0 bridgehead atoms. The Morgan fingerprint density at radius 2 is 1.91 bits per heavy atom. The Bertz CT molecular complexity index is 1160. The molecule has 2 aromatic carbocycles. The average Bonchev–Trinajstić information content (AvgIpc) is 3.12. The smallest absolute Gasteiger partial charge is 0.410 e. The van der Waals surface area contributed by atoms with Gasteiger partial charge in [0.2, 0.25) is 0 Å². The van der Waals surface area contributed by atoms with E-state index in [9.17, 15) is 9.59 Å². The van der Waals surface area contributed by atoms with Crippen LogP contribution in [0.1, 0.15) is 55.3 Å². The van der Waals surface area contributed by atoms with Crippen molar-refractivity contribution in [2.24, 2.45) is 0 Å². The van der Waals surface area contributed by atoms with Crippen LogP contribution in [0.2, 0.25) is 0 Å². The number of amides is 2. The van der Waals surface area contributed by atoms with E-state index in [0.29, 0.717) is 47.7 Å². The van der Waals surface area contributed by atoms with Gasteiger partial charge in [0.1, 0.15) is 29.3 Å². The van der Waals surface area contributed by atoms with Crippen molar-refractivity contribution in [2.75, 3.05) is 13.1 Å². The normalized spacial score (nSPS) is 16.4. The number of likely N-dealkylation sites (tertiary alicyclic amines) is 1. The first-order valence-corrected chi connectivity index (χ1v) is 11.7. The van der Waals surface area contributed by atoms with E-state index >= 15 is 0 Å². The minimum Gasteiger partial charge on any atom is -0.489 e. The second-order valence-corrected chi connectivity index (χ2v) is 9.70. The molecule has 0 spiro atoms. The first-order valence-electron chi connectivity index (χ1n) is 11.7. The van der Waals surface area contributed by atoms with Crippen LogP contribution in [-0.2, 0) is 11.3 Å². The number of aryl methyl sites for hydroxylation is 1. The van der Waals surface area contributed by atoms with Crippen LogP contribution in [0, 0.1) is 6.92 Å². The van der Waals surface area contributed by atoms with Crippen molar-refractivity contribution in [3.05, 3.63) is 65.4 Å². The molecule has 2 amide bonds. The summed E-state index contributed by atoms with van der Waals surface area (Å²) in [7, 11) is 0. The summed E-state index contributed by atoms with van der Waals surface area (Å²) in [6.45, 7) is 8.80. The Balaban J connectivity index is 1.46. The number of hydrogen-bond acceptors (Lipinski definition) is 5. The summed E-state index contributed by atoms with van der Waals surface area (Å²) in [6, 6.07) is 15.3. The van der Waals surface area contributed by atoms with Gasteiger partial charge in [-0.2, -0.15) is 0 Å². The van der Waals surface area contributed by atoms with Gasteiger partial charge in [0.25, 0.3) is 5.91 Å². The zero-order valence-electron chi connectivity index (χ0n) is 20.2. The summed E-state index contributed by atoms with van der Waals surface area (Å²) in [5.41, 5.74) is 1.64. The molecule has 1 saturated heterocycles. The van der Waals surface area contributed by atoms with Crippen LogP contribution >= 0.6 is 0 Å². The summed E-state index contributed by atoms with van der Waals surface area (Å²) in [5, 5.41) is 3.80. The monoisotopic (exact) mass is 464 g/mol. The molecule has 1 unspecified atom stereocenters. The molecule has 0 radical (unpaired) electrons. The Labute approximate surface area is 200 Å². The number of piperidine rings is 1. The van der Waals surface area contributed by atoms with Crippen LogP contribution in [0.15, 0.2) is 52.9 Å². The van der Waals surface area contributed by atoms with E-state index in [1.165, 1.54) is 0 Å². The Kier molecular flexibility index (Phi) is 6.82. The van der Waals surface area contributed by atoms with Gasteiger partial charge < -0.3 is 24.1 Å². The lowest BCUT2D eigenvalue weighted by molar-refractivity contribution is 0.0185. The SMILES string of the molecule is Cc1oc2ccc(OCc3ccccc3)cc2c1C(=O)NC1CCCN(C(=O)OC(C)(C)C)C1. The molecule has 1 N–H and O–H groups in total. The van der Waals surface area contributed by atoms with Crippen LogP contribution in [0.25, 0.3) is 11.0 Å². The fourth-order valence-electron chi connectivity index (χ4n) is 4.16. The molecule has 1 aromatic heterocycles. The zero-order valence-corrected chi connectivity index (χ0v) is 20.2. The second kappa shape index (κ2) is 9.79. The first-order chi connectivity index (χ1) is 16.2. The van der Waals surface area contributed by atoms with E-state index in [0.717, 1.165) is 18.4 Å². The molecular formula is C27H32N2O5. The molecule has 1 fully saturated rings. The van der Waals surface area contributed by atoms with Crippen molar-refractivity contribution in [2.45, 2.75) is 58.8 Å². The van der Waals surface area contributed by atoms with E-state index < -0.39 is 5.60 Å². The van der Waals surface area contributed by atoms with Crippen LogP contribution < -0.4 is 10.1 Å². The van der Waals surface area contributed by atoms with E-state index in [1.54, 1.807) is 11.8 Å². The Morgan fingerprint density at radius 3 is 2.65 bits per heavy atom. The molecule has 1 atom stereocenters. The molecule has 1 aliphatic heterocycles. The third kappa shape index (κ3) is 5.71. The summed E-state index contributed by atoms with van der Waals surface area (Å²) in [5.74, 6) is 1.000. The number of nitrogens with zero attached hydrogens (tertiary/aromatic N) is 1. The molecule has 0 aliphatic carbocycles. The molecule has 7 nitrogen and oxygen atoms in total. The Morgan fingerprint density at radius 1 is 1.15 bits per heavy atom. The lowest BCUT2D eigenvalue weighted by Gasteiger charge is -2.34. The lowest BCUT2D eigenvalue weighted by atomic mass is 10.0. The summed E-state index contributed by atoms with van der Waals surface area (Å²) in [4.78, 5) is 27.4. The molecule has 34 heavy (non-hydrogen) atoms. The van der Waals surface area contributed by atoms with E-state index in [-0.39, 0.29) is 18.0 Å². The number of carbonyl (C=O) groups excluding carboxylic acids is 2. The first kappa shape index (κ1) is 23.7. The number of nitrogens with one attached hydrogen (secondary N) is 1. The molecule has 3 aromatic rings. The van der Waals surface area contributed by atoms with Gasteiger partial charge in [-0.25, -0.2) is 4.79 Å². The van der Waals surface area contributed by atoms with Crippen LogP contribution in [0.4, 0.5) is 4.79 Å². The fraction of sp³-hybridized carbons (Fsp3) is 0.407. The average molecular weight is 465 g/mol. The number of hydrogen-bond donors (Lipinski definition) is 1. The van der Waals surface area contributed by atoms with Gasteiger partial charge in [-0.3, -0.25) is 4.79 Å². The van der Waals surface area contributed by atoms with Crippen molar-refractivity contribution in [1.82, 2.24) is 10.2 Å². The summed E-state index contributed by atoms with van der Waals surface area (Å²) >= 11 is 0. The highest BCUT2D eigenvalue weighted by Crippen LogP contribution is 2.30. The fourth-order valence-corrected chi connectivity index (χ4v) is 4.16. The van der Waals surface area contributed by atoms with Gasteiger partial charge in [0.15, 0.2) is 0 Å². The standard InChI is InChI=1S/C27H32N2O5/c1-18-24(25(30)28-20-11-8-14-29(16-20)26(31)34-27(2,3)4)22-15-21(12-13-23(22)33-18)32-17-19-9-6-5-7-10-19/h5-7,9-10,12-13,15,20H,8,11,14,16-17H2,1-4H3,(H,28,30). The highest BCUT2D eigenvalue weighted by Gasteiger charge is 2.29. The van der Waals surface area contributed by atoms with E-state index in [2.05, 4.69) is 5.32 Å². The number of rotatable bonds is 5. The molecule has 4 rings (SSSR count). The van der Waals surface area contributed by atoms with Gasteiger partial charge in [-0.15, -0.1) is 0 Å². The predicted molar refractivity (Wildman–Crippen MR) is 130 cm³/mol. The number of furan rings is 1. The maximum Gasteiger partial charge on any atom is 0.410 e. The minimum atomic E-state index is -0.555. The minimum absolute atomic E-state index is 0.157. The van der Waals surface area contributed by atoms with Crippen LogP contribution in [0.3, 0.4) is 0 Å². The maximum atomic E-state index is 13.3. The largest absolute Gasteiger partial charge is 0.489 e. The quantitative estimate of drug-likeness (QED) is 0.543. The number of ether oxygens (including phenoxy) is 2. The number of carbonyl (C=O) groups is 2. The van der Waals surface area contributed by atoms with Crippen molar-refractivity contribution in [3.63, 3.8) is 0 Å². The van der Waals surface area contributed by atoms with Gasteiger partial charge in [-0.05, 0) is 64.3 Å². The molecular weight excluding hydrogens is 432 g/mol. The van der Waals surface area contributed by atoms with Crippen LogP contribution in [0.5, 0.6) is 5.75 Å². The third-order valence-electron chi connectivity index (χ3n) is 5.72. The third-order valence-corrected chi connectivity index (χ3v) is 5.72. The van der Waals surface area contributed by atoms with Gasteiger partial charge in [0, 0.05) is 24.5 Å². The van der Waals surface area contributed by atoms with Crippen molar-refractivity contribution < 1.29 is 23.5 Å². The highest BCUT2D eigenvalue weighted by molar-refractivity contribution is 6.07. The molecule has 2 heterocycles. The van der Waals surface area contributed by atoms with Crippen molar-refractivity contribution in [1.29, 1.82) is 0 Å². The zero-order chi connectivity index (χ0) is 24.3. The number of benzene rings is 2. The second-order valence-electron chi connectivity index (χ2n) is 9.70. The lowest BCUT2D eigenvalue weighted by Crippen LogP contribution is -2.50. The Hall–Kier alpha value is -3.48. The number of fused-ring (bicyclic) bond motifs is 1. The summed E-state index contributed by atoms with van der Waals surface area (Å²) < 4.78 is 17.3. The maximum absolute atomic E-state index is 13.3. The summed E-state index contributed by atoms with van der Waals surface area (Å²) in [6.07, 6.45) is 1.24. The van der Waals surface area contributed by atoms with Gasteiger partial charge >= 0.3 is 6.09 Å². The molecule has 0 saturated carbocycles. The molecule has 1 aliphatic rings. The predicted octanol–water partition coefficient (Wildman–Crippen LogP) is 5.45. The van der Waals surface area contributed by atoms with E-state index in [4.69, 9.17) is 13.9 Å². The topological polar surface area (TPSA) is 81.0 Å².